The number of hydrogen-bond donors (Lipinski definition) is 1. The number of pyridine rings is 1. The van der Waals surface area contributed by atoms with E-state index in [9.17, 15) is 19.7 Å². The summed E-state index contributed by atoms with van der Waals surface area (Å²) < 4.78 is 16.7. The molecule has 0 atom stereocenters. The highest BCUT2D eigenvalue weighted by molar-refractivity contribution is 5.96. The predicted octanol–water partition coefficient (Wildman–Crippen LogP) is 1.75. The largest absolute Gasteiger partial charge is 0.478 e. The number of ether oxygens (including phenoxy) is 2. The van der Waals surface area contributed by atoms with E-state index in [0.717, 1.165) is 0 Å². The van der Waals surface area contributed by atoms with Gasteiger partial charge < -0.3 is 19.2 Å². The second-order valence-electron chi connectivity index (χ2n) is 6.52. The summed E-state index contributed by atoms with van der Waals surface area (Å²) in [5, 5.41) is 17.4. The van der Waals surface area contributed by atoms with Gasteiger partial charge >= 0.3 is 11.7 Å². The Bertz CT molecular complexity index is 1120. The van der Waals surface area contributed by atoms with Gasteiger partial charge in [0, 0.05) is 31.4 Å². The summed E-state index contributed by atoms with van der Waals surface area (Å²) in [6.45, 7) is 0.630. The van der Waals surface area contributed by atoms with Gasteiger partial charge in [0.05, 0.1) is 18.6 Å². The highest BCUT2D eigenvalue weighted by Crippen LogP contribution is 2.22. The highest BCUT2D eigenvalue weighted by Gasteiger charge is 2.24. The van der Waals surface area contributed by atoms with Crippen LogP contribution in [0.25, 0.3) is 11.5 Å². The lowest BCUT2D eigenvalue weighted by atomic mass is 10.2. The van der Waals surface area contributed by atoms with Gasteiger partial charge in [-0.2, -0.15) is 5.10 Å². The van der Waals surface area contributed by atoms with Crippen molar-refractivity contribution < 1.29 is 28.4 Å². The van der Waals surface area contributed by atoms with E-state index in [-0.39, 0.29) is 23.0 Å². The first-order valence-corrected chi connectivity index (χ1v) is 9.48. The number of rotatable bonds is 10. The maximum atomic E-state index is 12.1. The Labute approximate surface area is 181 Å². The van der Waals surface area contributed by atoms with E-state index in [1.807, 2.05) is 0 Å². The molecule has 0 fully saturated rings. The Balaban J connectivity index is 1.44. The predicted molar refractivity (Wildman–Crippen MR) is 108 cm³/mol. The Hall–Kier alpha value is -4.29. The van der Waals surface area contributed by atoms with Crippen LogP contribution in [0, 0.1) is 10.1 Å². The number of amides is 1. The molecule has 3 rings (SSSR count). The number of carbonyl (C=O) groups is 2. The molecule has 0 saturated carbocycles. The first-order chi connectivity index (χ1) is 15.4. The van der Waals surface area contributed by atoms with Crippen molar-refractivity contribution in [2.45, 2.75) is 12.8 Å². The minimum absolute atomic E-state index is 0.0554. The van der Waals surface area contributed by atoms with Crippen LogP contribution in [0.4, 0.5) is 5.69 Å². The number of esters is 1. The molecule has 1 N–H and O–H groups in total. The summed E-state index contributed by atoms with van der Waals surface area (Å²) in [5.41, 5.74) is 0.0648. The van der Waals surface area contributed by atoms with Gasteiger partial charge in [-0.15, -0.1) is 0 Å². The lowest BCUT2D eigenvalue weighted by molar-refractivity contribution is -0.385. The van der Waals surface area contributed by atoms with Gasteiger partial charge in [-0.3, -0.25) is 19.6 Å². The molecule has 0 bridgehead atoms. The minimum Gasteiger partial charge on any atom is -0.478 e. The summed E-state index contributed by atoms with van der Waals surface area (Å²) >= 11 is 0. The molecule has 0 saturated heterocycles. The minimum atomic E-state index is -0.647. The molecule has 0 aliphatic heterocycles. The van der Waals surface area contributed by atoms with Gasteiger partial charge in [-0.25, -0.2) is 14.8 Å². The molecule has 13 nitrogen and oxygen atoms in total. The van der Waals surface area contributed by atoms with Crippen LogP contribution < -0.4 is 10.1 Å². The van der Waals surface area contributed by atoms with Crippen molar-refractivity contribution in [3.63, 3.8) is 0 Å². The Morgan fingerprint density at radius 1 is 1.34 bits per heavy atom. The van der Waals surface area contributed by atoms with Crippen LogP contribution in [0.5, 0.6) is 5.88 Å². The SMILES string of the molecule is COC(=O)c1coc(-c2ccnc(OCCCCNC(=O)c3nn(C)cc3[N+](=O)[O-])c2)n1. The summed E-state index contributed by atoms with van der Waals surface area (Å²) in [6, 6.07) is 3.28. The zero-order valence-electron chi connectivity index (χ0n) is 17.3. The molecule has 3 aromatic rings. The van der Waals surface area contributed by atoms with Crippen molar-refractivity contribution >= 4 is 17.6 Å². The number of nitro groups is 1. The van der Waals surface area contributed by atoms with E-state index in [2.05, 4.69) is 25.1 Å². The van der Waals surface area contributed by atoms with Crippen LogP contribution in [0.2, 0.25) is 0 Å². The zero-order valence-corrected chi connectivity index (χ0v) is 17.3. The first-order valence-electron chi connectivity index (χ1n) is 9.48. The number of unbranched alkanes of at least 4 members (excludes halogenated alkanes) is 1. The molecule has 3 aromatic heterocycles. The average Bonchev–Trinajstić information content (AvgIpc) is 3.43. The zero-order chi connectivity index (χ0) is 23.1. The fraction of sp³-hybridized carbons (Fsp3) is 0.316. The normalized spacial score (nSPS) is 10.6. The van der Waals surface area contributed by atoms with Crippen molar-refractivity contribution in [2.75, 3.05) is 20.3 Å². The van der Waals surface area contributed by atoms with E-state index < -0.39 is 16.8 Å². The van der Waals surface area contributed by atoms with Gasteiger partial charge in [0.15, 0.2) is 5.69 Å². The highest BCUT2D eigenvalue weighted by atomic mass is 16.6. The molecule has 13 heteroatoms. The van der Waals surface area contributed by atoms with Crippen LogP contribution in [0.1, 0.15) is 33.8 Å². The molecule has 0 spiro atoms. The molecule has 0 aliphatic rings. The maximum absolute atomic E-state index is 12.1. The molecular weight excluding hydrogens is 424 g/mol. The number of aromatic nitrogens is 4. The Morgan fingerprint density at radius 2 is 2.16 bits per heavy atom. The van der Waals surface area contributed by atoms with E-state index in [1.54, 1.807) is 12.1 Å². The van der Waals surface area contributed by atoms with E-state index >= 15 is 0 Å². The van der Waals surface area contributed by atoms with E-state index in [4.69, 9.17) is 9.15 Å². The Kier molecular flexibility index (Phi) is 7.10. The number of aryl methyl sites for hydroxylation is 1. The van der Waals surface area contributed by atoms with Gasteiger partial charge in [-0.1, -0.05) is 0 Å². The lowest BCUT2D eigenvalue weighted by Gasteiger charge is -2.06. The number of oxazole rings is 1. The molecule has 0 unspecified atom stereocenters. The number of methoxy groups -OCH3 is 1. The molecule has 3 heterocycles. The van der Waals surface area contributed by atoms with Crippen molar-refractivity contribution in [3.8, 4) is 17.3 Å². The van der Waals surface area contributed by atoms with Crippen LogP contribution in [0.3, 0.4) is 0 Å². The number of carbonyl (C=O) groups excluding carboxylic acids is 2. The quantitative estimate of drug-likeness (QED) is 0.211. The summed E-state index contributed by atoms with van der Waals surface area (Å²) in [5.74, 6) is -0.641. The standard InChI is InChI=1S/C19H20N6O7/c1-24-10-14(25(28)29)16(23-24)17(26)21-6-3-4-8-31-15-9-12(5-7-20-15)18-22-13(11-32-18)19(27)30-2/h5,7,9-11H,3-4,6,8H2,1-2H3,(H,21,26). The van der Waals surface area contributed by atoms with Gasteiger partial charge in [0.2, 0.25) is 17.5 Å². The summed E-state index contributed by atoms with van der Waals surface area (Å²) in [6.07, 6.45) is 5.08. The van der Waals surface area contributed by atoms with Gasteiger partial charge in [0.25, 0.3) is 5.91 Å². The van der Waals surface area contributed by atoms with Crippen molar-refractivity contribution in [1.82, 2.24) is 25.1 Å². The van der Waals surface area contributed by atoms with Crippen LogP contribution in [-0.4, -0.2) is 56.8 Å². The molecule has 1 amide bonds. The second-order valence-corrected chi connectivity index (χ2v) is 6.52. The van der Waals surface area contributed by atoms with Crippen LogP contribution in [0.15, 0.2) is 35.2 Å². The molecule has 32 heavy (non-hydrogen) atoms. The fourth-order valence-corrected chi connectivity index (χ4v) is 2.69. The topological polar surface area (TPSA) is 165 Å². The Morgan fingerprint density at radius 3 is 2.91 bits per heavy atom. The smallest absolute Gasteiger partial charge is 0.360 e. The average molecular weight is 444 g/mol. The van der Waals surface area contributed by atoms with Crippen LogP contribution >= 0.6 is 0 Å². The van der Waals surface area contributed by atoms with Gasteiger partial charge in [0.1, 0.15) is 12.5 Å². The van der Waals surface area contributed by atoms with Crippen molar-refractivity contribution in [1.29, 1.82) is 0 Å². The molecular formula is C19H20N6O7. The number of nitrogens with one attached hydrogen (secondary N) is 1. The maximum Gasteiger partial charge on any atom is 0.360 e. The third kappa shape index (κ3) is 5.44. The lowest BCUT2D eigenvalue weighted by Crippen LogP contribution is -2.26. The number of hydrogen-bond acceptors (Lipinski definition) is 10. The molecule has 168 valence electrons. The molecule has 0 aliphatic carbocycles. The summed E-state index contributed by atoms with van der Waals surface area (Å²) in [4.78, 5) is 42.1. The van der Waals surface area contributed by atoms with E-state index in [0.29, 0.717) is 37.4 Å². The third-order valence-electron chi connectivity index (χ3n) is 4.21. The molecule has 0 radical (unpaired) electrons. The summed E-state index contributed by atoms with van der Waals surface area (Å²) in [7, 11) is 2.76. The third-order valence-corrected chi connectivity index (χ3v) is 4.21. The van der Waals surface area contributed by atoms with Crippen molar-refractivity contribution in [3.05, 3.63) is 52.3 Å². The monoisotopic (exact) mass is 444 g/mol. The second kappa shape index (κ2) is 10.1. The van der Waals surface area contributed by atoms with Crippen molar-refractivity contribution in [2.24, 2.45) is 7.05 Å². The fourth-order valence-electron chi connectivity index (χ4n) is 2.69. The van der Waals surface area contributed by atoms with Gasteiger partial charge in [-0.05, 0) is 18.9 Å². The number of nitrogens with zero attached hydrogens (tertiary/aromatic N) is 5. The molecule has 0 aromatic carbocycles. The van der Waals surface area contributed by atoms with Crippen LogP contribution in [-0.2, 0) is 11.8 Å². The first kappa shape index (κ1) is 22.4. The van der Waals surface area contributed by atoms with E-state index in [1.165, 1.54) is 37.5 Å².